The second kappa shape index (κ2) is 6.72. The molecule has 0 unspecified atom stereocenters. The molecular weight excluding hydrogens is 278 g/mol. The molecule has 4 heteroatoms. The molecule has 0 aromatic heterocycles. The van der Waals surface area contributed by atoms with Crippen molar-refractivity contribution in [2.75, 3.05) is 5.32 Å². The zero-order valence-electron chi connectivity index (χ0n) is 12.5. The molecule has 2 N–H and O–H groups in total. The van der Waals surface area contributed by atoms with E-state index < -0.39 is 5.91 Å². The quantitative estimate of drug-likeness (QED) is 0.516. The summed E-state index contributed by atoms with van der Waals surface area (Å²) in [5.74, 6) is -0.843. The van der Waals surface area contributed by atoms with E-state index in [1.165, 1.54) is 19.1 Å². The van der Waals surface area contributed by atoms with Crippen molar-refractivity contribution in [1.29, 1.82) is 0 Å². The van der Waals surface area contributed by atoms with Crippen molar-refractivity contribution in [3.05, 3.63) is 65.2 Å². The minimum absolute atomic E-state index is 0.00949. The molecule has 2 aromatic carbocycles. The molecule has 4 nitrogen and oxygen atoms in total. The third-order valence-electron chi connectivity index (χ3n) is 3.25. The van der Waals surface area contributed by atoms with Crippen molar-refractivity contribution in [2.24, 2.45) is 0 Å². The van der Waals surface area contributed by atoms with Gasteiger partial charge >= 0.3 is 0 Å². The lowest BCUT2D eigenvalue weighted by Gasteiger charge is -2.09. The van der Waals surface area contributed by atoms with E-state index in [4.69, 9.17) is 0 Å². The molecular formula is C18H17NO3. The Kier molecular flexibility index (Phi) is 4.73. The van der Waals surface area contributed by atoms with Crippen molar-refractivity contribution in [3.8, 4) is 5.75 Å². The van der Waals surface area contributed by atoms with Gasteiger partial charge in [-0.2, -0.15) is 0 Å². The first kappa shape index (κ1) is 15.5. The normalized spacial score (nSPS) is 11.1. The van der Waals surface area contributed by atoms with Crippen molar-refractivity contribution in [1.82, 2.24) is 0 Å². The van der Waals surface area contributed by atoms with Crippen LogP contribution in [0.15, 0.2) is 54.1 Å². The fraction of sp³-hybridized carbons (Fsp3) is 0.111. The number of carbonyl (C=O) groups is 2. The number of rotatable bonds is 4. The van der Waals surface area contributed by atoms with Crippen LogP contribution in [-0.4, -0.2) is 16.8 Å². The minimum Gasteiger partial charge on any atom is -0.507 e. The molecule has 1 amide bonds. The second-order valence-corrected chi connectivity index (χ2v) is 4.94. The number of para-hydroxylation sites is 2. The predicted octanol–water partition coefficient (Wildman–Crippen LogP) is 3.31. The Morgan fingerprint density at radius 1 is 1.05 bits per heavy atom. The zero-order valence-corrected chi connectivity index (χ0v) is 12.5. The number of Topliss-reactive ketones (excluding diaryl/α,β-unsaturated/α-hetero) is 1. The molecule has 0 saturated heterocycles. The summed E-state index contributed by atoms with van der Waals surface area (Å²) in [6.07, 6.45) is 1.39. The number of hydrogen-bond donors (Lipinski definition) is 2. The maximum Gasteiger partial charge on any atom is 0.259 e. The highest BCUT2D eigenvalue weighted by Gasteiger charge is 2.16. The Hall–Kier alpha value is -2.88. The number of nitrogens with one attached hydrogen (secondary N) is 1. The zero-order chi connectivity index (χ0) is 16.1. The van der Waals surface area contributed by atoms with Gasteiger partial charge in [0.2, 0.25) is 0 Å². The van der Waals surface area contributed by atoms with E-state index in [2.05, 4.69) is 5.32 Å². The maximum absolute atomic E-state index is 12.3. The predicted molar refractivity (Wildman–Crippen MR) is 86.6 cm³/mol. The summed E-state index contributed by atoms with van der Waals surface area (Å²) in [6.45, 7) is 3.19. The molecule has 0 aliphatic rings. The lowest BCUT2D eigenvalue weighted by molar-refractivity contribution is -0.118. The van der Waals surface area contributed by atoms with Crippen LogP contribution in [0.5, 0.6) is 5.75 Å². The first-order chi connectivity index (χ1) is 10.5. The van der Waals surface area contributed by atoms with Crippen LogP contribution < -0.4 is 5.32 Å². The smallest absolute Gasteiger partial charge is 0.259 e. The Labute approximate surface area is 129 Å². The molecule has 0 spiro atoms. The summed E-state index contributed by atoms with van der Waals surface area (Å²) < 4.78 is 0. The van der Waals surface area contributed by atoms with Gasteiger partial charge in [-0.05, 0) is 37.6 Å². The van der Waals surface area contributed by atoms with Crippen LogP contribution in [0.1, 0.15) is 18.1 Å². The molecule has 0 saturated carbocycles. The number of amides is 1. The molecule has 0 bridgehead atoms. The molecule has 0 fully saturated rings. The molecule has 0 aliphatic heterocycles. The molecule has 0 radical (unpaired) electrons. The highest BCUT2D eigenvalue weighted by molar-refractivity contribution is 6.25. The number of anilines is 1. The number of ketones is 1. The lowest BCUT2D eigenvalue weighted by Crippen LogP contribution is -2.19. The van der Waals surface area contributed by atoms with Gasteiger partial charge in [-0.25, -0.2) is 0 Å². The summed E-state index contributed by atoms with van der Waals surface area (Å²) in [5, 5.41) is 12.5. The van der Waals surface area contributed by atoms with Gasteiger partial charge in [-0.3, -0.25) is 9.59 Å². The third-order valence-corrected chi connectivity index (χ3v) is 3.25. The number of carbonyl (C=O) groups excluding carboxylic acids is 2. The van der Waals surface area contributed by atoms with E-state index in [-0.39, 0.29) is 17.1 Å². The summed E-state index contributed by atoms with van der Waals surface area (Å²) >= 11 is 0. The van der Waals surface area contributed by atoms with E-state index in [1.807, 2.05) is 25.1 Å². The fourth-order valence-electron chi connectivity index (χ4n) is 1.99. The standard InChI is InChI=1S/C18H17NO3/c1-12-7-3-5-9-16(12)19-18(22)15(13(2)20)11-14-8-4-6-10-17(14)21/h3-11,21H,1-2H3,(H,19,22)/b15-11+. The Morgan fingerprint density at radius 3 is 2.32 bits per heavy atom. The number of phenols is 1. The largest absolute Gasteiger partial charge is 0.507 e. The molecule has 0 atom stereocenters. The lowest BCUT2D eigenvalue weighted by atomic mass is 10.1. The summed E-state index contributed by atoms with van der Waals surface area (Å²) in [7, 11) is 0. The molecule has 0 aliphatic carbocycles. The molecule has 22 heavy (non-hydrogen) atoms. The first-order valence-corrected chi connectivity index (χ1v) is 6.86. The van der Waals surface area contributed by atoms with Gasteiger partial charge in [0.15, 0.2) is 5.78 Å². The molecule has 112 valence electrons. The van der Waals surface area contributed by atoms with Crippen LogP contribution in [-0.2, 0) is 9.59 Å². The number of aromatic hydroxyl groups is 1. The van der Waals surface area contributed by atoms with Gasteiger partial charge < -0.3 is 10.4 Å². The number of aryl methyl sites for hydroxylation is 1. The first-order valence-electron chi connectivity index (χ1n) is 6.86. The summed E-state index contributed by atoms with van der Waals surface area (Å²) in [4.78, 5) is 24.1. The maximum atomic E-state index is 12.3. The van der Waals surface area contributed by atoms with Crippen LogP contribution in [0.3, 0.4) is 0 Å². The van der Waals surface area contributed by atoms with Crippen molar-refractivity contribution in [2.45, 2.75) is 13.8 Å². The summed E-state index contributed by atoms with van der Waals surface area (Å²) in [5.41, 5.74) is 1.97. The van der Waals surface area contributed by atoms with Crippen molar-refractivity contribution < 1.29 is 14.7 Å². The minimum atomic E-state index is -0.495. The monoisotopic (exact) mass is 295 g/mol. The summed E-state index contributed by atoms with van der Waals surface area (Å²) in [6, 6.07) is 13.9. The SMILES string of the molecule is CC(=O)/C(=C\c1ccccc1O)C(=O)Nc1ccccc1C. The van der Waals surface area contributed by atoms with E-state index in [9.17, 15) is 14.7 Å². The number of hydrogen-bond acceptors (Lipinski definition) is 3. The highest BCUT2D eigenvalue weighted by atomic mass is 16.3. The Balaban J connectivity index is 2.33. The van der Waals surface area contributed by atoms with Crippen molar-refractivity contribution in [3.63, 3.8) is 0 Å². The molecule has 2 rings (SSSR count). The van der Waals surface area contributed by atoms with Gasteiger partial charge in [-0.1, -0.05) is 36.4 Å². The van der Waals surface area contributed by atoms with E-state index in [0.29, 0.717) is 11.3 Å². The number of benzene rings is 2. The Bertz CT molecular complexity index is 748. The van der Waals surface area contributed by atoms with Gasteiger partial charge in [0.1, 0.15) is 5.75 Å². The number of phenolic OH excluding ortho intramolecular Hbond substituents is 1. The van der Waals surface area contributed by atoms with Crippen molar-refractivity contribution >= 4 is 23.5 Å². The van der Waals surface area contributed by atoms with Crippen LogP contribution >= 0.6 is 0 Å². The highest BCUT2D eigenvalue weighted by Crippen LogP contribution is 2.21. The average molecular weight is 295 g/mol. The van der Waals surface area contributed by atoms with Crippen LogP contribution in [0.4, 0.5) is 5.69 Å². The van der Waals surface area contributed by atoms with E-state index in [1.54, 1.807) is 24.3 Å². The Morgan fingerprint density at radius 2 is 1.68 bits per heavy atom. The van der Waals surface area contributed by atoms with Gasteiger partial charge in [0.25, 0.3) is 5.91 Å². The second-order valence-electron chi connectivity index (χ2n) is 4.94. The van der Waals surface area contributed by atoms with E-state index in [0.717, 1.165) is 5.56 Å². The molecule has 0 heterocycles. The fourth-order valence-corrected chi connectivity index (χ4v) is 1.99. The average Bonchev–Trinajstić information content (AvgIpc) is 2.48. The van der Waals surface area contributed by atoms with Crippen LogP contribution in [0, 0.1) is 6.92 Å². The van der Waals surface area contributed by atoms with Gasteiger partial charge in [0.05, 0.1) is 5.57 Å². The topological polar surface area (TPSA) is 66.4 Å². The van der Waals surface area contributed by atoms with Crippen LogP contribution in [0.25, 0.3) is 6.08 Å². The van der Waals surface area contributed by atoms with Gasteiger partial charge in [0, 0.05) is 11.3 Å². The molecule has 2 aromatic rings. The van der Waals surface area contributed by atoms with E-state index >= 15 is 0 Å². The van der Waals surface area contributed by atoms with Gasteiger partial charge in [-0.15, -0.1) is 0 Å². The van der Waals surface area contributed by atoms with Crippen LogP contribution in [0.2, 0.25) is 0 Å². The third kappa shape index (κ3) is 3.61.